The molecule has 3 aromatic carbocycles. The molecule has 4 N–H and O–H groups in total. The number of aliphatic hydroxyl groups is 3. The number of benzene rings is 3. The molecule has 4 rings (SSSR count). The number of ether oxygens (including phenoxy) is 4. The summed E-state index contributed by atoms with van der Waals surface area (Å²) < 4.78 is 18.7. The average Bonchev–Trinajstić information content (AvgIpc) is 3.55. The number of halogens is 2. The smallest absolute Gasteiger partial charge is 0.346 e. The maximum absolute atomic E-state index is 11.9. The molecule has 1 saturated heterocycles. The molecule has 3 atom stereocenters. The molecule has 0 amide bonds. The molecular formula is C32H33Cl2NO11. The number of nitrogens with one attached hydrogen (secondary N) is 1. The van der Waals surface area contributed by atoms with Crippen LogP contribution in [0.4, 0.5) is 0 Å². The summed E-state index contributed by atoms with van der Waals surface area (Å²) in [6.07, 6.45) is -3.12. The van der Waals surface area contributed by atoms with Crippen molar-refractivity contribution in [2.45, 2.75) is 30.5 Å². The number of hydrogen-bond donors (Lipinski definition) is 4. The van der Waals surface area contributed by atoms with Gasteiger partial charge in [0.1, 0.15) is 11.5 Å². The first-order valence-electron chi connectivity index (χ1n) is 13.9. The van der Waals surface area contributed by atoms with Gasteiger partial charge in [0, 0.05) is 18.6 Å². The van der Waals surface area contributed by atoms with E-state index in [2.05, 4.69) is 14.8 Å². The van der Waals surface area contributed by atoms with Gasteiger partial charge in [-0.3, -0.25) is 0 Å². The van der Waals surface area contributed by atoms with Crippen LogP contribution in [0.15, 0.2) is 66.7 Å². The van der Waals surface area contributed by atoms with Crippen LogP contribution in [0.1, 0.15) is 39.1 Å². The van der Waals surface area contributed by atoms with Crippen LogP contribution >= 0.6 is 23.2 Å². The molecule has 0 bridgehead atoms. The van der Waals surface area contributed by atoms with Crippen molar-refractivity contribution in [3.63, 3.8) is 0 Å². The summed E-state index contributed by atoms with van der Waals surface area (Å²) in [5, 5.41) is 33.2. The highest BCUT2D eigenvalue weighted by atomic mass is 35.5. The van der Waals surface area contributed by atoms with E-state index in [0.717, 1.165) is 25.9 Å². The Hall–Kier alpha value is -4.04. The zero-order chi connectivity index (χ0) is 33.9. The third kappa shape index (κ3) is 9.49. The van der Waals surface area contributed by atoms with E-state index in [9.17, 15) is 34.5 Å². The summed E-state index contributed by atoms with van der Waals surface area (Å²) in [4.78, 5) is 47.5. The van der Waals surface area contributed by atoms with Crippen LogP contribution in [0.25, 0.3) is 0 Å². The highest BCUT2D eigenvalue weighted by Gasteiger charge is 2.36. The number of hydrogen-bond acceptors (Lipinski definition) is 12. The second kappa shape index (κ2) is 17.0. The minimum absolute atomic E-state index is 0.0168. The third-order valence-corrected chi connectivity index (χ3v) is 7.93. The maximum Gasteiger partial charge on any atom is 0.346 e. The molecule has 1 aliphatic rings. The monoisotopic (exact) mass is 677 g/mol. The van der Waals surface area contributed by atoms with E-state index >= 15 is 0 Å². The molecule has 1 aliphatic heterocycles. The molecule has 0 saturated carbocycles. The van der Waals surface area contributed by atoms with Crippen LogP contribution in [0, 0.1) is 0 Å². The lowest BCUT2D eigenvalue weighted by Crippen LogP contribution is -2.43. The predicted octanol–water partition coefficient (Wildman–Crippen LogP) is 3.10. The summed E-state index contributed by atoms with van der Waals surface area (Å²) in [7, 11) is 2.85. The van der Waals surface area contributed by atoms with Crippen molar-refractivity contribution in [3.8, 4) is 11.5 Å². The molecular weight excluding hydrogens is 645 g/mol. The van der Waals surface area contributed by atoms with Gasteiger partial charge < -0.3 is 39.6 Å². The zero-order valence-corrected chi connectivity index (χ0v) is 26.4. The lowest BCUT2D eigenvalue weighted by atomic mass is 9.77. The number of carbonyl (C=O) groups is 4. The summed E-state index contributed by atoms with van der Waals surface area (Å²) >= 11 is 12.0. The van der Waals surface area contributed by atoms with Crippen LogP contribution in [-0.2, 0) is 24.5 Å². The minimum atomic E-state index is -2.46. The van der Waals surface area contributed by atoms with Crippen LogP contribution in [-0.4, -0.2) is 85.3 Å². The molecule has 246 valence electrons. The highest BCUT2D eigenvalue weighted by Crippen LogP contribution is 2.36. The van der Waals surface area contributed by atoms with Crippen molar-refractivity contribution in [2.75, 3.05) is 33.9 Å². The van der Waals surface area contributed by atoms with Gasteiger partial charge >= 0.3 is 23.9 Å². The van der Waals surface area contributed by atoms with Gasteiger partial charge in [-0.2, -0.15) is 0 Å². The van der Waals surface area contributed by atoms with Gasteiger partial charge in [-0.25, -0.2) is 19.2 Å². The zero-order valence-electron chi connectivity index (χ0n) is 24.9. The standard InChI is InChI=1S/C20H18O10.C12H15Cl2NO/c1-27-13-7-3-11(4-8-13)17(23)29-19(25)15(21)16(22)20(26)30-18(24)12-5-9-14(28-2)10-6-12;13-10-2-1-9(7-11(10)14)12(4-6-16)3-5-15-8-12/h3-10,15-16,21-22H,1-2H3;1-2,7,15-16H,3-6,8H2/t15-,16-;12-/m11/s1. The van der Waals surface area contributed by atoms with Crippen LogP contribution in [0.5, 0.6) is 11.5 Å². The predicted molar refractivity (Wildman–Crippen MR) is 166 cm³/mol. The van der Waals surface area contributed by atoms with Crippen molar-refractivity contribution >= 4 is 47.1 Å². The number of carbonyl (C=O) groups excluding carboxylic acids is 4. The number of methoxy groups -OCH3 is 2. The van der Waals surface area contributed by atoms with Gasteiger partial charge in [0.2, 0.25) is 0 Å². The molecule has 1 heterocycles. The molecule has 46 heavy (non-hydrogen) atoms. The van der Waals surface area contributed by atoms with E-state index in [4.69, 9.17) is 32.7 Å². The number of esters is 4. The van der Waals surface area contributed by atoms with Crippen molar-refractivity contribution in [2.24, 2.45) is 0 Å². The summed E-state index contributed by atoms with van der Waals surface area (Å²) in [5.74, 6) is -4.54. The first kappa shape index (κ1) is 36.4. The Morgan fingerprint density at radius 2 is 1.26 bits per heavy atom. The Kier molecular flexibility index (Phi) is 13.5. The molecule has 0 aromatic heterocycles. The van der Waals surface area contributed by atoms with E-state index < -0.39 is 36.1 Å². The highest BCUT2D eigenvalue weighted by molar-refractivity contribution is 6.42. The van der Waals surface area contributed by atoms with Crippen LogP contribution < -0.4 is 14.8 Å². The number of aliphatic hydroxyl groups excluding tert-OH is 3. The lowest BCUT2D eigenvalue weighted by Gasteiger charge is -2.28. The lowest BCUT2D eigenvalue weighted by molar-refractivity contribution is -0.166. The molecule has 0 spiro atoms. The normalized spacial score (nSPS) is 16.7. The van der Waals surface area contributed by atoms with Gasteiger partial charge in [-0.1, -0.05) is 29.3 Å². The Bertz CT molecular complexity index is 1430. The van der Waals surface area contributed by atoms with Gasteiger partial charge in [0.05, 0.1) is 35.4 Å². The topological polar surface area (TPSA) is 178 Å². The first-order valence-corrected chi connectivity index (χ1v) is 14.6. The van der Waals surface area contributed by atoms with E-state index in [0.29, 0.717) is 21.5 Å². The fourth-order valence-electron chi connectivity index (χ4n) is 4.52. The van der Waals surface area contributed by atoms with Gasteiger partial charge in [0.15, 0.2) is 12.2 Å². The maximum atomic E-state index is 11.9. The second-order valence-corrected chi connectivity index (χ2v) is 10.9. The second-order valence-electron chi connectivity index (χ2n) is 10.1. The van der Waals surface area contributed by atoms with Crippen molar-refractivity contribution in [1.82, 2.24) is 5.32 Å². The van der Waals surface area contributed by atoms with Crippen LogP contribution in [0.2, 0.25) is 10.0 Å². The van der Waals surface area contributed by atoms with Crippen molar-refractivity contribution in [3.05, 3.63) is 93.5 Å². The van der Waals surface area contributed by atoms with Gasteiger partial charge in [-0.05, 0) is 85.6 Å². The largest absolute Gasteiger partial charge is 0.497 e. The molecule has 0 aliphatic carbocycles. The fraction of sp³-hybridized carbons (Fsp3) is 0.312. The Morgan fingerprint density at radius 3 is 1.63 bits per heavy atom. The molecule has 0 radical (unpaired) electrons. The van der Waals surface area contributed by atoms with E-state index in [1.165, 1.54) is 68.3 Å². The summed E-state index contributed by atoms with van der Waals surface area (Å²) in [6.45, 7) is 2.08. The van der Waals surface area contributed by atoms with E-state index in [1.54, 1.807) is 0 Å². The van der Waals surface area contributed by atoms with Crippen LogP contribution in [0.3, 0.4) is 0 Å². The minimum Gasteiger partial charge on any atom is -0.497 e. The van der Waals surface area contributed by atoms with E-state index in [1.807, 2.05) is 18.2 Å². The Balaban J connectivity index is 0.000000300. The molecule has 1 fully saturated rings. The third-order valence-electron chi connectivity index (χ3n) is 7.19. The van der Waals surface area contributed by atoms with Gasteiger partial charge in [-0.15, -0.1) is 0 Å². The molecule has 3 aromatic rings. The Labute approximate surface area is 274 Å². The molecule has 0 unspecified atom stereocenters. The average molecular weight is 679 g/mol. The SMILES string of the molecule is COc1ccc(C(=O)OC(=O)[C@H](O)[C@@H](O)C(=O)OC(=O)c2ccc(OC)cc2)cc1.OCC[C@]1(c2ccc(Cl)c(Cl)c2)CCNC1. The number of rotatable bonds is 10. The first-order chi connectivity index (χ1) is 21.9. The summed E-state index contributed by atoms with van der Waals surface area (Å²) in [6, 6.07) is 16.7. The van der Waals surface area contributed by atoms with Crippen molar-refractivity contribution in [1.29, 1.82) is 0 Å². The summed E-state index contributed by atoms with van der Waals surface area (Å²) in [5.41, 5.74) is 1.11. The Morgan fingerprint density at radius 1 is 0.783 bits per heavy atom. The van der Waals surface area contributed by atoms with Gasteiger partial charge in [0.25, 0.3) is 0 Å². The van der Waals surface area contributed by atoms with E-state index in [-0.39, 0.29) is 23.1 Å². The molecule has 12 nitrogen and oxygen atoms in total. The van der Waals surface area contributed by atoms with Crippen molar-refractivity contribution < 1.29 is 53.4 Å². The fourth-order valence-corrected chi connectivity index (χ4v) is 4.82. The quantitative estimate of drug-likeness (QED) is 0.182. The molecule has 14 heteroatoms.